The van der Waals surface area contributed by atoms with Crippen LogP contribution in [0, 0.1) is 0 Å². The molecule has 1 aromatic rings. The fourth-order valence-electron chi connectivity index (χ4n) is 2.00. The number of nitrogens with two attached hydrogens (primary N) is 1. The fourth-order valence-corrected chi connectivity index (χ4v) is 2.24. The standard InChI is InChI=1S/C11H16ClN3O/c1-8-6-15(7-9(4-13)16-8)11-2-3-14-5-10(11)12/h2-3,5,8-9H,4,6-7,13H2,1H3. The molecule has 2 heterocycles. The third-order valence-corrected chi connectivity index (χ3v) is 2.97. The van der Waals surface area contributed by atoms with Gasteiger partial charge in [0, 0.05) is 32.0 Å². The number of aromatic nitrogens is 1. The number of anilines is 1. The van der Waals surface area contributed by atoms with E-state index in [2.05, 4.69) is 9.88 Å². The van der Waals surface area contributed by atoms with Crippen molar-refractivity contribution in [2.75, 3.05) is 24.5 Å². The van der Waals surface area contributed by atoms with Crippen molar-refractivity contribution in [1.29, 1.82) is 0 Å². The number of nitrogens with zero attached hydrogens (tertiary/aromatic N) is 2. The Morgan fingerprint density at radius 2 is 2.44 bits per heavy atom. The quantitative estimate of drug-likeness (QED) is 0.848. The van der Waals surface area contributed by atoms with Crippen LogP contribution in [0.3, 0.4) is 0 Å². The van der Waals surface area contributed by atoms with Gasteiger partial charge in [0.1, 0.15) is 0 Å². The van der Waals surface area contributed by atoms with Crippen molar-refractivity contribution in [2.24, 2.45) is 5.73 Å². The minimum absolute atomic E-state index is 0.0768. The van der Waals surface area contributed by atoms with Crippen LogP contribution in [-0.4, -0.2) is 36.8 Å². The van der Waals surface area contributed by atoms with Crippen molar-refractivity contribution in [2.45, 2.75) is 19.1 Å². The van der Waals surface area contributed by atoms with Crippen LogP contribution in [0.15, 0.2) is 18.5 Å². The van der Waals surface area contributed by atoms with Crippen molar-refractivity contribution in [3.05, 3.63) is 23.5 Å². The van der Waals surface area contributed by atoms with E-state index in [9.17, 15) is 0 Å². The van der Waals surface area contributed by atoms with Crippen LogP contribution in [-0.2, 0) is 4.74 Å². The predicted molar refractivity (Wildman–Crippen MR) is 64.8 cm³/mol. The highest BCUT2D eigenvalue weighted by atomic mass is 35.5. The van der Waals surface area contributed by atoms with Gasteiger partial charge in [-0.1, -0.05) is 11.6 Å². The molecular formula is C11H16ClN3O. The molecule has 2 atom stereocenters. The summed E-state index contributed by atoms with van der Waals surface area (Å²) in [4.78, 5) is 6.19. The van der Waals surface area contributed by atoms with Gasteiger partial charge in [-0.3, -0.25) is 4.98 Å². The molecule has 16 heavy (non-hydrogen) atoms. The van der Waals surface area contributed by atoms with Gasteiger partial charge in [0.15, 0.2) is 0 Å². The fraction of sp³-hybridized carbons (Fsp3) is 0.545. The monoisotopic (exact) mass is 241 g/mol. The second kappa shape index (κ2) is 4.99. The molecule has 0 spiro atoms. The van der Waals surface area contributed by atoms with E-state index in [1.54, 1.807) is 12.4 Å². The second-order valence-electron chi connectivity index (χ2n) is 4.04. The molecule has 0 saturated carbocycles. The molecule has 88 valence electrons. The number of halogens is 1. The van der Waals surface area contributed by atoms with E-state index in [1.807, 2.05) is 13.0 Å². The van der Waals surface area contributed by atoms with Crippen LogP contribution in [0.25, 0.3) is 0 Å². The summed E-state index contributed by atoms with van der Waals surface area (Å²) in [6, 6.07) is 1.92. The molecule has 1 aromatic heterocycles. The SMILES string of the molecule is CC1CN(c2ccncc2Cl)CC(CN)O1. The van der Waals surface area contributed by atoms with Gasteiger partial charge in [-0.2, -0.15) is 0 Å². The van der Waals surface area contributed by atoms with Gasteiger partial charge < -0.3 is 15.4 Å². The Bertz CT molecular complexity index is 361. The summed E-state index contributed by atoms with van der Waals surface area (Å²) in [6.07, 6.45) is 3.66. The maximum absolute atomic E-state index is 6.12. The Hall–Kier alpha value is -0.840. The smallest absolute Gasteiger partial charge is 0.0876 e. The minimum Gasteiger partial charge on any atom is -0.370 e. The van der Waals surface area contributed by atoms with Crippen LogP contribution >= 0.6 is 11.6 Å². The molecule has 0 radical (unpaired) electrons. The number of hydrogen-bond acceptors (Lipinski definition) is 4. The van der Waals surface area contributed by atoms with Crippen molar-refractivity contribution in [3.8, 4) is 0 Å². The van der Waals surface area contributed by atoms with Crippen molar-refractivity contribution < 1.29 is 4.74 Å². The van der Waals surface area contributed by atoms with Gasteiger partial charge in [0.05, 0.1) is 22.9 Å². The van der Waals surface area contributed by atoms with Gasteiger partial charge in [-0.25, -0.2) is 0 Å². The molecule has 2 rings (SSSR count). The van der Waals surface area contributed by atoms with E-state index >= 15 is 0 Å². The first-order valence-electron chi connectivity index (χ1n) is 5.40. The Morgan fingerprint density at radius 3 is 3.12 bits per heavy atom. The van der Waals surface area contributed by atoms with Gasteiger partial charge in [0.25, 0.3) is 0 Å². The Balaban J connectivity index is 2.17. The lowest BCUT2D eigenvalue weighted by Crippen LogP contribution is -2.49. The zero-order valence-electron chi connectivity index (χ0n) is 9.27. The molecule has 0 bridgehead atoms. The Morgan fingerprint density at radius 1 is 1.62 bits per heavy atom. The summed E-state index contributed by atoms with van der Waals surface area (Å²) in [7, 11) is 0. The molecule has 0 amide bonds. The van der Waals surface area contributed by atoms with Crippen molar-refractivity contribution >= 4 is 17.3 Å². The second-order valence-corrected chi connectivity index (χ2v) is 4.44. The number of morpholine rings is 1. The average Bonchev–Trinajstić information content (AvgIpc) is 2.28. The molecule has 1 saturated heterocycles. The van der Waals surface area contributed by atoms with Crippen LogP contribution in [0.4, 0.5) is 5.69 Å². The highest BCUT2D eigenvalue weighted by Crippen LogP contribution is 2.26. The molecule has 4 nitrogen and oxygen atoms in total. The maximum Gasteiger partial charge on any atom is 0.0876 e. The summed E-state index contributed by atoms with van der Waals surface area (Å²) in [5.41, 5.74) is 6.65. The molecule has 1 fully saturated rings. The highest BCUT2D eigenvalue weighted by Gasteiger charge is 2.25. The largest absolute Gasteiger partial charge is 0.370 e. The Labute approximate surface area is 100 Å². The summed E-state index contributed by atoms with van der Waals surface area (Å²) < 4.78 is 5.70. The van der Waals surface area contributed by atoms with E-state index in [4.69, 9.17) is 22.1 Å². The Kier molecular flexibility index (Phi) is 3.63. The zero-order valence-corrected chi connectivity index (χ0v) is 10.0. The van der Waals surface area contributed by atoms with Crippen LogP contribution in [0.2, 0.25) is 5.02 Å². The maximum atomic E-state index is 6.12. The molecule has 0 aromatic carbocycles. The first-order valence-corrected chi connectivity index (χ1v) is 5.78. The number of pyridine rings is 1. The number of hydrogen-bond donors (Lipinski definition) is 1. The van der Waals surface area contributed by atoms with E-state index in [0.29, 0.717) is 11.6 Å². The number of rotatable bonds is 2. The molecule has 1 aliphatic rings. The number of ether oxygens (including phenoxy) is 1. The highest BCUT2D eigenvalue weighted by molar-refractivity contribution is 6.33. The normalized spacial score (nSPS) is 25.8. The topological polar surface area (TPSA) is 51.4 Å². The molecule has 2 N–H and O–H groups in total. The molecule has 2 unspecified atom stereocenters. The lowest BCUT2D eigenvalue weighted by atomic mass is 10.2. The zero-order chi connectivity index (χ0) is 11.5. The van der Waals surface area contributed by atoms with E-state index in [0.717, 1.165) is 18.8 Å². The lowest BCUT2D eigenvalue weighted by molar-refractivity contribution is -0.0104. The van der Waals surface area contributed by atoms with Crippen LogP contribution in [0.5, 0.6) is 0 Å². The first-order chi connectivity index (χ1) is 7.70. The predicted octanol–water partition coefficient (Wildman–Crippen LogP) is 1.29. The average molecular weight is 242 g/mol. The van der Waals surface area contributed by atoms with Crippen molar-refractivity contribution in [3.63, 3.8) is 0 Å². The van der Waals surface area contributed by atoms with E-state index < -0.39 is 0 Å². The summed E-state index contributed by atoms with van der Waals surface area (Å²) >= 11 is 6.12. The van der Waals surface area contributed by atoms with Crippen LogP contribution in [0.1, 0.15) is 6.92 Å². The summed E-state index contributed by atoms with van der Waals surface area (Å²) in [5, 5.41) is 0.673. The summed E-state index contributed by atoms with van der Waals surface area (Å²) in [6.45, 7) is 4.19. The van der Waals surface area contributed by atoms with Gasteiger partial charge in [0.2, 0.25) is 0 Å². The van der Waals surface area contributed by atoms with Gasteiger partial charge in [-0.05, 0) is 13.0 Å². The van der Waals surface area contributed by atoms with Crippen molar-refractivity contribution in [1.82, 2.24) is 4.98 Å². The molecule has 1 aliphatic heterocycles. The minimum atomic E-state index is 0.0768. The van der Waals surface area contributed by atoms with Gasteiger partial charge in [-0.15, -0.1) is 0 Å². The van der Waals surface area contributed by atoms with Gasteiger partial charge >= 0.3 is 0 Å². The molecule has 5 heteroatoms. The van der Waals surface area contributed by atoms with E-state index in [1.165, 1.54) is 0 Å². The molecule has 0 aliphatic carbocycles. The summed E-state index contributed by atoms with van der Waals surface area (Å²) in [5.74, 6) is 0. The van der Waals surface area contributed by atoms with Crippen LogP contribution < -0.4 is 10.6 Å². The third-order valence-electron chi connectivity index (χ3n) is 2.68. The first kappa shape index (κ1) is 11.6. The van der Waals surface area contributed by atoms with E-state index in [-0.39, 0.29) is 12.2 Å². The molecular weight excluding hydrogens is 226 g/mol. The third kappa shape index (κ3) is 2.45. The lowest BCUT2D eigenvalue weighted by Gasteiger charge is -2.38.